The maximum absolute atomic E-state index is 12.2. The van der Waals surface area contributed by atoms with Gasteiger partial charge in [-0.25, -0.2) is 0 Å². The maximum atomic E-state index is 12.2. The van der Waals surface area contributed by atoms with Crippen LogP contribution in [0.3, 0.4) is 0 Å². The Morgan fingerprint density at radius 3 is 2.48 bits per heavy atom. The molecule has 0 saturated carbocycles. The Hall–Kier alpha value is -2.26. The first-order valence-electron chi connectivity index (χ1n) is 8.37. The Balaban J connectivity index is 2.56. The van der Waals surface area contributed by atoms with E-state index in [9.17, 15) is 10.1 Å². The lowest BCUT2D eigenvalue weighted by Crippen LogP contribution is -2.51. The smallest absolute Gasteiger partial charge is 0.235 e. The Bertz CT molecular complexity index is 625. The van der Waals surface area contributed by atoms with E-state index in [1.54, 1.807) is 21.1 Å². The quantitative estimate of drug-likeness (QED) is 0.741. The van der Waals surface area contributed by atoms with Gasteiger partial charge in [0.2, 0.25) is 5.91 Å². The van der Waals surface area contributed by atoms with E-state index in [1.807, 2.05) is 44.0 Å². The van der Waals surface area contributed by atoms with Crippen LogP contribution in [-0.4, -0.2) is 50.7 Å². The summed E-state index contributed by atoms with van der Waals surface area (Å²) in [7, 11) is 5.11. The summed E-state index contributed by atoms with van der Waals surface area (Å²) in [6, 6.07) is 7.99. The first-order valence-corrected chi connectivity index (χ1v) is 8.37. The molecule has 1 amide bonds. The minimum Gasteiger partial charge on any atom is -0.493 e. The molecule has 0 bridgehead atoms. The lowest BCUT2D eigenvalue weighted by Gasteiger charge is -2.28. The first-order chi connectivity index (χ1) is 11.8. The summed E-state index contributed by atoms with van der Waals surface area (Å²) in [4.78, 5) is 14.1. The molecule has 0 radical (unpaired) electrons. The predicted molar refractivity (Wildman–Crippen MR) is 97.7 cm³/mol. The third-order valence-electron chi connectivity index (χ3n) is 4.43. The molecule has 0 aliphatic heterocycles. The summed E-state index contributed by atoms with van der Waals surface area (Å²) in [6.45, 7) is 6.55. The molecule has 1 N–H and O–H groups in total. The molecule has 25 heavy (non-hydrogen) atoms. The number of carbonyl (C=O) groups is 1. The predicted octanol–water partition coefficient (Wildman–Crippen LogP) is 2.23. The monoisotopic (exact) mass is 347 g/mol. The highest BCUT2D eigenvalue weighted by Crippen LogP contribution is 2.27. The maximum Gasteiger partial charge on any atom is 0.235 e. The lowest BCUT2D eigenvalue weighted by atomic mass is 9.90. The van der Waals surface area contributed by atoms with Gasteiger partial charge in [-0.3, -0.25) is 9.69 Å². The van der Waals surface area contributed by atoms with Crippen LogP contribution in [-0.2, 0) is 11.2 Å². The van der Waals surface area contributed by atoms with Crippen LogP contribution in [0, 0.1) is 17.2 Å². The van der Waals surface area contributed by atoms with Crippen molar-refractivity contribution in [1.82, 2.24) is 10.2 Å². The van der Waals surface area contributed by atoms with Gasteiger partial charge < -0.3 is 14.8 Å². The first kappa shape index (κ1) is 20.8. The van der Waals surface area contributed by atoms with E-state index in [0.29, 0.717) is 18.0 Å². The van der Waals surface area contributed by atoms with E-state index in [0.717, 1.165) is 12.0 Å². The molecule has 6 heteroatoms. The molecule has 1 rings (SSSR count). The largest absolute Gasteiger partial charge is 0.493 e. The van der Waals surface area contributed by atoms with Gasteiger partial charge in [-0.1, -0.05) is 19.9 Å². The second-order valence-corrected chi connectivity index (χ2v) is 6.69. The number of nitriles is 1. The van der Waals surface area contributed by atoms with Crippen molar-refractivity contribution in [3.8, 4) is 17.6 Å². The van der Waals surface area contributed by atoms with E-state index < -0.39 is 5.54 Å². The Morgan fingerprint density at radius 1 is 1.32 bits per heavy atom. The van der Waals surface area contributed by atoms with Gasteiger partial charge in [-0.2, -0.15) is 5.26 Å². The van der Waals surface area contributed by atoms with Crippen LogP contribution < -0.4 is 14.8 Å². The van der Waals surface area contributed by atoms with Crippen LogP contribution in [0.1, 0.15) is 26.3 Å². The van der Waals surface area contributed by atoms with Gasteiger partial charge in [0.05, 0.1) is 26.8 Å². The van der Waals surface area contributed by atoms with Gasteiger partial charge in [0.1, 0.15) is 5.54 Å². The van der Waals surface area contributed by atoms with Crippen molar-refractivity contribution < 1.29 is 14.3 Å². The highest BCUT2D eigenvalue weighted by Gasteiger charge is 2.30. The lowest BCUT2D eigenvalue weighted by molar-refractivity contribution is -0.123. The molecule has 138 valence electrons. The van der Waals surface area contributed by atoms with Crippen molar-refractivity contribution in [3.63, 3.8) is 0 Å². The second-order valence-electron chi connectivity index (χ2n) is 6.69. The van der Waals surface area contributed by atoms with Crippen molar-refractivity contribution in [2.24, 2.45) is 5.92 Å². The average molecular weight is 347 g/mol. The van der Waals surface area contributed by atoms with E-state index in [1.165, 1.54) is 0 Å². The summed E-state index contributed by atoms with van der Waals surface area (Å²) in [5, 5.41) is 12.1. The van der Waals surface area contributed by atoms with Crippen LogP contribution >= 0.6 is 0 Å². The Labute approximate surface area is 150 Å². The molecule has 0 fully saturated rings. The summed E-state index contributed by atoms with van der Waals surface area (Å²) >= 11 is 0. The van der Waals surface area contributed by atoms with Crippen LogP contribution in [0.2, 0.25) is 0 Å². The highest BCUT2D eigenvalue weighted by atomic mass is 16.5. The Morgan fingerprint density at radius 2 is 1.96 bits per heavy atom. The van der Waals surface area contributed by atoms with Crippen LogP contribution in [0.15, 0.2) is 18.2 Å². The van der Waals surface area contributed by atoms with Crippen molar-refractivity contribution in [2.45, 2.75) is 32.7 Å². The third kappa shape index (κ3) is 5.95. The number of hydrogen-bond donors (Lipinski definition) is 1. The number of rotatable bonds is 9. The zero-order chi connectivity index (χ0) is 19.0. The van der Waals surface area contributed by atoms with Crippen LogP contribution in [0.4, 0.5) is 0 Å². The van der Waals surface area contributed by atoms with Crippen molar-refractivity contribution in [1.29, 1.82) is 5.26 Å². The number of methoxy groups -OCH3 is 2. The standard InChI is InChI=1S/C19H29N3O3/c1-14(2)19(3,13-20)21-18(23)12-22(4)10-9-15-7-8-16(24-5)17(11-15)25-6/h7-8,11,14H,9-10,12H2,1-6H3,(H,21,23)/t19-/m0/s1. The van der Waals surface area contributed by atoms with Crippen molar-refractivity contribution >= 4 is 5.91 Å². The normalized spacial score (nSPS) is 13.2. The van der Waals surface area contributed by atoms with Gasteiger partial charge in [0.15, 0.2) is 11.5 Å². The van der Waals surface area contributed by atoms with Crippen molar-refractivity contribution in [3.05, 3.63) is 23.8 Å². The molecule has 1 aromatic carbocycles. The molecule has 0 aromatic heterocycles. The van der Waals surface area contributed by atoms with E-state index in [-0.39, 0.29) is 18.4 Å². The van der Waals surface area contributed by atoms with Crippen LogP contribution in [0.5, 0.6) is 11.5 Å². The zero-order valence-electron chi connectivity index (χ0n) is 16.0. The minimum atomic E-state index is -0.846. The molecule has 6 nitrogen and oxygen atoms in total. The SMILES string of the molecule is COc1ccc(CCN(C)CC(=O)N[C@@](C)(C#N)C(C)C)cc1OC. The number of carbonyl (C=O) groups excluding carboxylic acids is 1. The second kappa shape index (κ2) is 9.28. The number of ether oxygens (including phenoxy) is 2. The van der Waals surface area contributed by atoms with Gasteiger partial charge in [0, 0.05) is 6.54 Å². The minimum absolute atomic E-state index is 0.0403. The number of nitrogens with zero attached hydrogens (tertiary/aromatic N) is 2. The Kier molecular flexibility index (Phi) is 7.72. The number of amides is 1. The third-order valence-corrected chi connectivity index (χ3v) is 4.43. The molecule has 1 aromatic rings. The van der Waals surface area contributed by atoms with E-state index in [4.69, 9.17) is 9.47 Å². The zero-order valence-corrected chi connectivity index (χ0v) is 16.0. The molecular weight excluding hydrogens is 318 g/mol. The number of hydrogen-bond acceptors (Lipinski definition) is 5. The molecule has 0 aliphatic carbocycles. The molecule has 0 spiro atoms. The van der Waals surface area contributed by atoms with Gasteiger partial charge in [-0.15, -0.1) is 0 Å². The fraction of sp³-hybridized carbons (Fsp3) is 0.579. The molecule has 0 unspecified atom stereocenters. The number of benzene rings is 1. The fourth-order valence-corrected chi connectivity index (χ4v) is 2.31. The molecule has 0 heterocycles. The van der Waals surface area contributed by atoms with Gasteiger partial charge in [0.25, 0.3) is 0 Å². The van der Waals surface area contributed by atoms with Gasteiger partial charge in [-0.05, 0) is 44.0 Å². The summed E-state index contributed by atoms with van der Waals surface area (Å²) in [5.41, 5.74) is 0.260. The molecule has 0 saturated heterocycles. The van der Waals surface area contributed by atoms with E-state index in [2.05, 4.69) is 11.4 Å². The van der Waals surface area contributed by atoms with Crippen LogP contribution in [0.25, 0.3) is 0 Å². The number of likely N-dealkylation sites (N-methyl/N-ethyl adjacent to an activating group) is 1. The summed E-state index contributed by atoms with van der Waals surface area (Å²) in [5.74, 6) is 1.29. The topological polar surface area (TPSA) is 74.6 Å². The molecule has 1 atom stereocenters. The fourth-order valence-electron chi connectivity index (χ4n) is 2.31. The summed E-state index contributed by atoms with van der Waals surface area (Å²) in [6.07, 6.45) is 0.782. The summed E-state index contributed by atoms with van der Waals surface area (Å²) < 4.78 is 10.5. The highest BCUT2D eigenvalue weighted by molar-refractivity contribution is 5.79. The van der Waals surface area contributed by atoms with E-state index >= 15 is 0 Å². The number of nitrogens with one attached hydrogen (secondary N) is 1. The molecular formula is C19H29N3O3. The van der Waals surface area contributed by atoms with Gasteiger partial charge >= 0.3 is 0 Å². The average Bonchev–Trinajstić information content (AvgIpc) is 2.59. The molecule has 0 aliphatic rings. The van der Waals surface area contributed by atoms with Crippen molar-refractivity contribution in [2.75, 3.05) is 34.4 Å².